The fourth-order valence-electron chi connectivity index (χ4n) is 4.24. The van der Waals surface area contributed by atoms with E-state index in [0.29, 0.717) is 18.5 Å². The van der Waals surface area contributed by atoms with Crippen molar-refractivity contribution >= 4 is 10.0 Å². The van der Waals surface area contributed by atoms with Gasteiger partial charge in [-0.25, -0.2) is 12.7 Å². The maximum atomic E-state index is 11.8. The van der Waals surface area contributed by atoms with Gasteiger partial charge >= 0.3 is 0 Å². The lowest BCUT2D eigenvalue weighted by Gasteiger charge is -2.39. The number of rotatable bonds is 5. The van der Waals surface area contributed by atoms with E-state index in [-0.39, 0.29) is 0 Å². The van der Waals surface area contributed by atoms with Gasteiger partial charge in [-0.2, -0.15) is 0 Å². The zero-order valence-electron chi connectivity index (χ0n) is 13.8. The van der Waals surface area contributed by atoms with Gasteiger partial charge in [0, 0.05) is 19.1 Å². The highest BCUT2D eigenvalue weighted by atomic mass is 32.2. The van der Waals surface area contributed by atoms with Crippen molar-refractivity contribution in [1.29, 1.82) is 0 Å². The molecule has 1 aliphatic carbocycles. The number of nitrogens with one attached hydrogen (secondary N) is 1. The average Bonchev–Trinajstić information content (AvgIpc) is 2.41. The Hall–Kier alpha value is -0.130. The Kier molecular flexibility index (Phi) is 6.09. The monoisotopic (exact) mass is 316 g/mol. The molecule has 21 heavy (non-hydrogen) atoms. The molecule has 1 saturated heterocycles. The molecule has 4 nitrogen and oxygen atoms in total. The third-order valence-corrected chi connectivity index (χ3v) is 6.57. The van der Waals surface area contributed by atoms with Crippen molar-refractivity contribution in [2.75, 3.05) is 25.9 Å². The SMILES string of the molecule is CCNC1CCC(C)CC1CC1CCCN(S(C)(=O)=O)C1. The van der Waals surface area contributed by atoms with Crippen LogP contribution in [0.3, 0.4) is 0 Å². The molecule has 4 atom stereocenters. The van der Waals surface area contributed by atoms with Crippen LogP contribution >= 0.6 is 0 Å². The summed E-state index contributed by atoms with van der Waals surface area (Å²) in [4.78, 5) is 0. The van der Waals surface area contributed by atoms with Crippen molar-refractivity contribution in [3.05, 3.63) is 0 Å². The summed E-state index contributed by atoms with van der Waals surface area (Å²) in [6.45, 7) is 7.03. The van der Waals surface area contributed by atoms with E-state index in [1.165, 1.54) is 38.4 Å². The first-order valence-electron chi connectivity index (χ1n) is 8.58. The third kappa shape index (κ3) is 4.93. The fraction of sp³-hybridized carbons (Fsp3) is 1.00. The lowest BCUT2D eigenvalue weighted by molar-refractivity contribution is 0.155. The van der Waals surface area contributed by atoms with Crippen LogP contribution in [0.1, 0.15) is 52.4 Å². The molecule has 2 rings (SSSR count). The average molecular weight is 317 g/mol. The van der Waals surface area contributed by atoms with E-state index < -0.39 is 10.0 Å². The molecule has 0 amide bonds. The molecule has 1 aliphatic heterocycles. The van der Waals surface area contributed by atoms with E-state index in [2.05, 4.69) is 19.2 Å². The summed E-state index contributed by atoms with van der Waals surface area (Å²) in [6, 6.07) is 0.639. The predicted octanol–water partition coefficient (Wildman–Crippen LogP) is 2.46. The van der Waals surface area contributed by atoms with Crippen molar-refractivity contribution in [2.45, 2.75) is 58.4 Å². The fourth-order valence-corrected chi connectivity index (χ4v) is 5.18. The zero-order valence-corrected chi connectivity index (χ0v) is 14.7. The second kappa shape index (κ2) is 7.42. The van der Waals surface area contributed by atoms with Crippen LogP contribution in [0.5, 0.6) is 0 Å². The third-order valence-electron chi connectivity index (χ3n) is 5.30. The summed E-state index contributed by atoms with van der Waals surface area (Å²) in [5.74, 6) is 2.09. The van der Waals surface area contributed by atoms with Crippen LogP contribution in [0.25, 0.3) is 0 Å². The number of hydrogen-bond acceptors (Lipinski definition) is 3. The molecule has 2 aliphatic rings. The Balaban J connectivity index is 1.94. The van der Waals surface area contributed by atoms with Crippen LogP contribution in [-0.4, -0.2) is 44.7 Å². The minimum atomic E-state index is -3.02. The first-order valence-corrected chi connectivity index (χ1v) is 10.4. The highest BCUT2D eigenvalue weighted by molar-refractivity contribution is 7.88. The Morgan fingerprint density at radius 1 is 1.24 bits per heavy atom. The van der Waals surface area contributed by atoms with Gasteiger partial charge in [0.15, 0.2) is 0 Å². The van der Waals surface area contributed by atoms with Gasteiger partial charge in [0.25, 0.3) is 0 Å². The van der Waals surface area contributed by atoms with Crippen molar-refractivity contribution < 1.29 is 8.42 Å². The van der Waals surface area contributed by atoms with Crippen LogP contribution in [0.15, 0.2) is 0 Å². The molecular formula is C16H32N2O2S. The van der Waals surface area contributed by atoms with Gasteiger partial charge < -0.3 is 5.32 Å². The van der Waals surface area contributed by atoms with Gasteiger partial charge in [-0.3, -0.25) is 0 Å². The zero-order chi connectivity index (χ0) is 15.5. The molecule has 0 spiro atoms. The molecule has 1 N–H and O–H groups in total. The van der Waals surface area contributed by atoms with Gasteiger partial charge in [0.05, 0.1) is 6.26 Å². The van der Waals surface area contributed by atoms with Gasteiger partial charge in [-0.1, -0.05) is 13.8 Å². The van der Waals surface area contributed by atoms with Crippen molar-refractivity contribution in [2.24, 2.45) is 17.8 Å². The molecule has 0 aromatic heterocycles. The molecule has 124 valence electrons. The van der Waals surface area contributed by atoms with Gasteiger partial charge in [0.2, 0.25) is 10.0 Å². The summed E-state index contributed by atoms with van der Waals surface area (Å²) >= 11 is 0. The van der Waals surface area contributed by atoms with E-state index in [4.69, 9.17) is 0 Å². The number of hydrogen-bond donors (Lipinski definition) is 1. The van der Waals surface area contributed by atoms with E-state index in [9.17, 15) is 8.42 Å². The normalized spacial score (nSPS) is 35.8. The molecule has 0 aromatic rings. The Labute approximate surface area is 130 Å². The molecule has 0 radical (unpaired) electrons. The van der Waals surface area contributed by atoms with Crippen molar-refractivity contribution in [1.82, 2.24) is 9.62 Å². The highest BCUT2D eigenvalue weighted by Crippen LogP contribution is 2.35. The van der Waals surface area contributed by atoms with Crippen LogP contribution in [0, 0.1) is 17.8 Å². The summed E-state index contributed by atoms with van der Waals surface area (Å²) in [5, 5.41) is 3.65. The Bertz CT molecular complexity index is 424. The highest BCUT2D eigenvalue weighted by Gasteiger charge is 2.33. The number of piperidine rings is 1. The van der Waals surface area contributed by atoms with Gasteiger partial charge in [-0.15, -0.1) is 0 Å². The largest absolute Gasteiger partial charge is 0.314 e. The second-order valence-electron chi connectivity index (χ2n) is 7.21. The van der Waals surface area contributed by atoms with Gasteiger partial charge in [0.1, 0.15) is 0 Å². The first-order chi connectivity index (χ1) is 9.90. The predicted molar refractivity (Wildman–Crippen MR) is 87.7 cm³/mol. The maximum absolute atomic E-state index is 11.8. The minimum absolute atomic E-state index is 0.546. The van der Waals surface area contributed by atoms with Crippen LogP contribution in [0.4, 0.5) is 0 Å². The molecule has 2 fully saturated rings. The molecule has 0 aromatic carbocycles. The van der Waals surface area contributed by atoms with E-state index in [1.54, 1.807) is 4.31 Å². The maximum Gasteiger partial charge on any atom is 0.211 e. The summed E-state index contributed by atoms with van der Waals surface area (Å²) in [7, 11) is -3.02. The van der Waals surface area contributed by atoms with E-state index in [1.807, 2.05) is 0 Å². The second-order valence-corrected chi connectivity index (χ2v) is 9.19. The Morgan fingerprint density at radius 3 is 2.67 bits per heavy atom. The summed E-state index contributed by atoms with van der Waals surface area (Å²) in [5.41, 5.74) is 0. The number of sulfonamides is 1. The van der Waals surface area contributed by atoms with Crippen LogP contribution in [0.2, 0.25) is 0 Å². The standard InChI is InChI=1S/C16H32N2O2S/c1-4-17-16-8-7-13(2)10-15(16)11-14-6-5-9-18(12-14)21(3,19)20/h13-17H,4-12H2,1-3H3. The van der Waals surface area contributed by atoms with Crippen molar-refractivity contribution in [3.8, 4) is 0 Å². The summed E-state index contributed by atoms with van der Waals surface area (Å²) in [6.07, 6.45) is 8.65. The minimum Gasteiger partial charge on any atom is -0.314 e. The molecule has 1 heterocycles. The van der Waals surface area contributed by atoms with E-state index in [0.717, 1.165) is 31.3 Å². The molecular weight excluding hydrogens is 284 g/mol. The smallest absolute Gasteiger partial charge is 0.211 e. The molecule has 5 heteroatoms. The van der Waals surface area contributed by atoms with Crippen LogP contribution in [-0.2, 0) is 10.0 Å². The Morgan fingerprint density at radius 2 is 2.00 bits per heavy atom. The lowest BCUT2D eigenvalue weighted by Crippen LogP contribution is -2.44. The topological polar surface area (TPSA) is 49.4 Å². The lowest BCUT2D eigenvalue weighted by atomic mass is 9.74. The molecule has 0 bridgehead atoms. The molecule has 1 saturated carbocycles. The van der Waals surface area contributed by atoms with Crippen LogP contribution < -0.4 is 5.32 Å². The first kappa shape index (κ1) is 17.2. The number of nitrogens with zero attached hydrogens (tertiary/aromatic N) is 1. The quantitative estimate of drug-likeness (QED) is 0.847. The molecule has 4 unspecified atom stereocenters. The van der Waals surface area contributed by atoms with Gasteiger partial charge in [-0.05, 0) is 62.8 Å². The van der Waals surface area contributed by atoms with E-state index >= 15 is 0 Å². The van der Waals surface area contributed by atoms with Crippen molar-refractivity contribution in [3.63, 3.8) is 0 Å². The summed E-state index contributed by atoms with van der Waals surface area (Å²) < 4.78 is 25.2.